The molecule has 0 fully saturated rings. The highest BCUT2D eigenvalue weighted by Crippen LogP contribution is 2.29. The molecule has 0 saturated heterocycles. The van der Waals surface area contributed by atoms with Crippen LogP contribution in [0.4, 0.5) is 0 Å². The topological polar surface area (TPSA) is 98.7 Å². The van der Waals surface area contributed by atoms with Gasteiger partial charge >= 0.3 is 0 Å². The maximum atomic E-state index is 12.1. The van der Waals surface area contributed by atoms with Crippen LogP contribution < -0.4 is 11.1 Å². The Hall–Kier alpha value is -3.06. The zero-order valence-corrected chi connectivity index (χ0v) is 15.6. The van der Waals surface area contributed by atoms with Crippen LogP contribution in [0.1, 0.15) is 41.4 Å². The average Bonchev–Trinajstić information content (AvgIpc) is 3.07. The van der Waals surface area contributed by atoms with Crippen LogP contribution in [0.5, 0.6) is 0 Å². The van der Waals surface area contributed by atoms with Gasteiger partial charge in [-0.15, -0.1) is 0 Å². The molecule has 0 spiro atoms. The van der Waals surface area contributed by atoms with E-state index in [0.717, 1.165) is 47.6 Å². The lowest BCUT2D eigenvalue weighted by molar-refractivity contribution is 0.0994. The Balaban J connectivity index is 2.19. The van der Waals surface area contributed by atoms with Crippen LogP contribution in [0.25, 0.3) is 17.1 Å². The standard InChI is InChI=1S/C20H24N6O/c1-3-4-7-16-18(20(21)27)25-26(15-6-5-10-23-13-15)19(16)17-9-8-14(11-22-2)12-24-17/h5-6,8-10,12-13,22H,3-4,7,11H2,1-2H3,(H2,21,27). The summed E-state index contributed by atoms with van der Waals surface area (Å²) < 4.78 is 1.72. The third-order valence-corrected chi connectivity index (χ3v) is 4.34. The maximum Gasteiger partial charge on any atom is 0.269 e. The van der Waals surface area contributed by atoms with Gasteiger partial charge in [-0.25, -0.2) is 4.68 Å². The van der Waals surface area contributed by atoms with E-state index >= 15 is 0 Å². The zero-order chi connectivity index (χ0) is 19.2. The van der Waals surface area contributed by atoms with Crippen LogP contribution in [-0.2, 0) is 13.0 Å². The Morgan fingerprint density at radius 1 is 1.26 bits per heavy atom. The number of aromatic nitrogens is 4. The molecule has 7 heteroatoms. The highest BCUT2D eigenvalue weighted by molar-refractivity contribution is 5.94. The summed E-state index contributed by atoms with van der Waals surface area (Å²) in [5, 5.41) is 7.63. The van der Waals surface area contributed by atoms with Gasteiger partial charge in [0.05, 0.1) is 23.3 Å². The van der Waals surface area contributed by atoms with Crippen LogP contribution in [-0.4, -0.2) is 32.7 Å². The van der Waals surface area contributed by atoms with E-state index in [1.54, 1.807) is 17.1 Å². The monoisotopic (exact) mass is 364 g/mol. The number of pyridine rings is 2. The molecule has 3 heterocycles. The minimum atomic E-state index is -0.531. The van der Waals surface area contributed by atoms with Crippen molar-refractivity contribution in [2.75, 3.05) is 7.05 Å². The molecule has 27 heavy (non-hydrogen) atoms. The van der Waals surface area contributed by atoms with Crippen molar-refractivity contribution in [3.63, 3.8) is 0 Å². The summed E-state index contributed by atoms with van der Waals surface area (Å²) in [5.74, 6) is -0.531. The lowest BCUT2D eigenvalue weighted by atomic mass is 10.0. The summed E-state index contributed by atoms with van der Waals surface area (Å²) in [7, 11) is 1.90. The van der Waals surface area contributed by atoms with Crippen LogP contribution in [0, 0.1) is 0 Å². The van der Waals surface area contributed by atoms with Gasteiger partial charge in [0, 0.05) is 24.5 Å². The molecule has 0 aliphatic rings. The van der Waals surface area contributed by atoms with E-state index < -0.39 is 5.91 Å². The SMILES string of the molecule is CCCCc1c(C(N)=O)nn(-c2cccnc2)c1-c1ccc(CNC)cn1. The van der Waals surface area contributed by atoms with Gasteiger partial charge in [-0.2, -0.15) is 5.10 Å². The Kier molecular flexibility index (Phi) is 5.93. The third kappa shape index (κ3) is 4.03. The van der Waals surface area contributed by atoms with E-state index in [1.165, 1.54) is 0 Å². The van der Waals surface area contributed by atoms with Crippen LogP contribution in [0.15, 0.2) is 42.9 Å². The first-order valence-corrected chi connectivity index (χ1v) is 9.07. The first-order chi connectivity index (χ1) is 13.2. The predicted molar refractivity (Wildman–Crippen MR) is 104 cm³/mol. The fourth-order valence-electron chi connectivity index (χ4n) is 3.04. The molecule has 0 radical (unpaired) electrons. The number of nitrogens with zero attached hydrogens (tertiary/aromatic N) is 4. The molecule has 1 amide bonds. The number of rotatable bonds is 8. The van der Waals surface area contributed by atoms with E-state index in [0.29, 0.717) is 12.1 Å². The highest BCUT2D eigenvalue weighted by Gasteiger charge is 2.23. The number of amides is 1. The van der Waals surface area contributed by atoms with Gasteiger partial charge in [0.1, 0.15) is 0 Å². The number of nitrogens with two attached hydrogens (primary N) is 1. The fraction of sp³-hybridized carbons (Fsp3) is 0.300. The van der Waals surface area contributed by atoms with Crippen LogP contribution in [0.2, 0.25) is 0 Å². The van der Waals surface area contributed by atoms with Gasteiger partial charge in [0.25, 0.3) is 5.91 Å². The summed E-state index contributed by atoms with van der Waals surface area (Å²) >= 11 is 0. The van der Waals surface area contributed by atoms with Crippen molar-refractivity contribution in [2.45, 2.75) is 32.7 Å². The molecule has 3 aromatic heterocycles. The van der Waals surface area contributed by atoms with Crippen LogP contribution in [0.3, 0.4) is 0 Å². The van der Waals surface area contributed by atoms with Gasteiger partial charge < -0.3 is 11.1 Å². The minimum absolute atomic E-state index is 0.295. The highest BCUT2D eigenvalue weighted by atomic mass is 16.1. The molecule has 0 aliphatic carbocycles. The molecule has 3 rings (SSSR count). The number of carbonyl (C=O) groups excluding carboxylic acids is 1. The van der Waals surface area contributed by atoms with E-state index in [2.05, 4.69) is 27.3 Å². The van der Waals surface area contributed by atoms with E-state index in [9.17, 15) is 4.79 Å². The molecule has 0 bridgehead atoms. The first-order valence-electron chi connectivity index (χ1n) is 9.07. The molecule has 0 saturated carbocycles. The molecule has 7 nitrogen and oxygen atoms in total. The fourth-order valence-corrected chi connectivity index (χ4v) is 3.04. The number of hydrogen-bond donors (Lipinski definition) is 2. The number of hydrogen-bond acceptors (Lipinski definition) is 5. The molecule has 3 N–H and O–H groups in total. The van der Waals surface area contributed by atoms with Crippen molar-refractivity contribution in [1.29, 1.82) is 0 Å². The predicted octanol–water partition coefficient (Wildman–Crippen LogP) is 2.49. The van der Waals surface area contributed by atoms with E-state index in [4.69, 9.17) is 5.73 Å². The second kappa shape index (κ2) is 8.55. The Labute approximate surface area is 158 Å². The molecule has 0 atom stereocenters. The summed E-state index contributed by atoms with van der Waals surface area (Å²) in [5.41, 5.74) is 10.2. The number of nitrogens with one attached hydrogen (secondary N) is 1. The summed E-state index contributed by atoms with van der Waals surface area (Å²) in [6, 6.07) is 7.71. The van der Waals surface area contributed by atoms with Gasteiger partial charge in [-0.1, -0.05) is 19.4 Å². The summed E-state index contributed by atoms with van der Waals surface area (Å²) in [6.45, 7) is 2.85. The Morgan fingerprint density at radius 2 is 2.11 bits per heavy atom. The molecular weight excluding hydrogens is 340 g/mol. The molecule has 0 aliphatic heterocycles. The number of primary amides is 1. The molecule has 0 aromatic carbocycles. The van der Waals surface area contributed by atoms with Crippen molar-refractivity contribution in [2.24, 2.45) is 5.73 Å². The van der Waals surface area contributed by atoms with Gasteiger partial charge in [-0.3, -0.25) is 14.8 Å². The normalized spacial score (nSPS) is 10.9. The van der Waals surface area contributed by atoms with Crippen molar-refractivity contribution < 1.29 is 4.79 Å². The number of carbonyl (C=O) groups is 1. The third-order valence-electron chi connectivity index (χ3n) is 4.34. The largest absolute Gasteiger partial charge is 0.364 e. The minimum Gasteiger partial charge on any atom is -0.364 e. The van der Waals surface area contributed by atoms with Gasteiger partial charge in [0.2, 0.25) is 0 Å². The van der Waals surface area contributed by atoms with E-state index in [-0.39, 0.29) is 0 Å². The maximum absolute atomic E-state index is 12.1. The van der Waals surface area contributed by atoms with Crippen LogP contribution >= 0.6 is 0 Å². The smallest absolute Gasteiger partial charge is 0.269 e. The second-order valence-electron chi connectivity index (χ2n) is 6.35. The average molecular weight is 364 g/mol. The quantitative estimate of drug-likeness (QED) is 0.640. The zero-order valence-electron chi connectivity index (χ0n) is 15.6. The lowest BCUT2D eigenvalue weighted by Gasteiger charge is -2.10. The second-order valence-corrected chi connectivity index (χ2v) is 6.35. The van der Waals surface area contributed by atoms with Crippen molar-refractivity contribution in [3.8, 4) is 17.1 Å². The van der Waals surface area contributed by atoms with Crippen molar-refractivity contribution in [3.05, 3.63) is 59.7 Å². The number of unbranched alkanes of at least 4 members (excludes halogenated alkanes) is 1. The summed E-state index contributed by atoms with van der Waals surface area (Å²) in [4.78, 5) is 20.9. The lowest BCUT2D eigenvalue weighted by Crippen LogP contribution is -2.14. The van der Waals surface area contributed by atoms with Gasteiger partial charge in [-0.05, 0) is 43.7 Å². The first kappa shape index (κ1) is 18.7. The summed E-state index contributed by atoms with van der Waals surface area (Å²) in [6.07, 6.45) is 7.89. The molecule has 0 unspecified atom stereocenters. The van der Waals surface area contributed by atoms with E-state index in [1.807, 2.05) is 37.5 Å². The molecule has 140 valence electrons. The van der Waals surface area contributed by atoms with Gasteiger partial charge in [0.15, 0.2) is 5.69 Å². The molecular formula is C20H24N6O. The van der Waals surface area contributed by atoms with Crippen molar-refractivity contribution >= 4 is 5.91 Å². The van der Waals surface area contributed by atoms with Crippen molar-refractivity contribution in [1.82, 2.24) is 25.1 Å². The Morgan fingerprint density at radius 3 is 2.70 bits per heavy atom. The molecule has 3 aromatic rings. The Bertz CT molecular complexity index is 902.